The van der Waals surface area contributed by atoms with E-state index in [-0.39, 0.29) is 0 Å². The fraction of sp³-hybridized carbons (Fsp3) is 0. The largest absolute Gasteiger partial charge is 0.502 e. The first-order valence-electron chi connectivity index (χ1n) is 5.50. The van der Waals surface area contributed by atoms with Gasteiger partial charge in [0, 0.05) is 23.2 Å². The molecule has 19 heavy (non-hydrogen) atoms. The maximum atomic E-state index is 11.4. The van der Waals surface area contributed by atoms with Gasteiger partial charge in [0.25, 0.3) is 0 Å². The van der Waals surface area contributed by atoms with Gasteiger partial charge < -0.3 is 15.2 Å². The number of carboxylic acids is 1. The summed E-state index contributed by atoms with van der Waals surface area (Å²) < 4.78 is 0. The monoisotopic (exact) mass is 257 g/mol. The van der Waals surface area contributed by atoms with E-state index in [4.69, 9.17) is 10.2 Å². The van der Waals surface area contributed by atoms with Crippen LogP contribution in [-0.4, -0.2) is 26.9 Å². The molecule has 0 aliphatic rings. The highest BCUT2D eigenvalue weighted by molar-refractivity contribution is 6.06. The lowest BCUT2D eigenvalue weighted by molar-refractivity contribution is -0.135. The standard InChI is InChI=1S/C14H11NO4/c16-10(7-13(17)14(18)19)6-5-9-8-15-12-4-2-1-3-11(9)12/h1-8,15,17H,(H,18,19)/b6-5+,13-7+. The summed E-state index contributed by atoms with van der Waals surface area (Å²) in [6, 6.07) is 7.59. The van der Waals surface area contributed by atoms with Gasteiger partial charge in [-0.1, -0.05) is 18.2 Å². The maximum Gasteiger partial charge on any atom is 0.371 e. The minimum Gasteiger partial charge on any atom is -0.502 e. The van der Waals surface area contributed by atoms with Crippen LogP contribution in [0.15, 0.2) is 48.4 Å². The van der Waals surface area contributed by atoms with Crippen molar-refractivity contribution in [1.82, 2.24) is 4.98 Å². The molecule has 5 heteroatoms. The van der Waals surface area contributed by atoms with Crippen molar-refractivity contribution >= 4 is 28.7 Å². The molecule has 0 aliphatic carbocycles. The highest BCUT2D eigenvalue weighted by Crippen LogP contribution is 2.18. The number of ketones is 1. The number of hydrogen-bond donors (Lipinski definition) is 3. The van der Waals surface area contributed by atoms with Crippen LogP contribution in [0.3, 0.4) is 0 Å². The number of rotatable bonds is 4. The quantitative estimate of drug-likeness (QED) is 0.579. The molecule has 0 unspecified atom stereocenters. The minimum atomic E-state index is -1.53. The highest BCUT2D eigenvalue weighted by Gasteiger charge is 2.05. The molecular formula is C14H11NO4. The average molecular weight is 257 g/mol. The topological polar surface area (TPSA) is 90.4 Å². The number of aliphatic hydroxyl groups excluding tert-OH is 1. The van der Waals surface area contributed by atoms with Crippen LogP contribution in [-0.2, 0) is 9.59 Å². The number of nitrogens with one attached hydrogen (secondary N) is 1. The molecule has 96 valence electrons. The number of carbonyl (C=O) groups is 2. The Kier molecular flexibility index (Phi) is 3.47. The fourth-order valence-corrected chi connectivity index (χ4v) is 1.65. The van der Waals surface area contributed by atoms with E-state index in [1.807, 2.05) is 24.3 Å². The van der Waals surface area contributed by atoms with Crippen molar-refractivity contribution in [2.75, 3.05) is 0 Å². The molecule has 0 aliphatic heterocycles. The number of fused-ring (bicyclic) bond motifs is 1. The van der Waals surface area contributed by atoms with Crippen molar-refractivity contribution in [3.8, 4) is 0 Å². The molecule has 0 atom stereocenters. The van der Waals surface area contributed by atoms with Gasteiger partial charge in [0.2, 0.25) is 5.76 Å². The SMILES string of the molecule is O=C(/C=C/c1c[nH]c2ccccc12)/C=C(/O)C(=O)O. The second kappa shape index (κ2) is 5.22. The predicted molar refractivity (Wildman–Crippen MR) is 70.7 cm³/mol. The number of carboxylic acid groups (broad SMARTS) is 1. The van der Waals surface area contributed by atoms with Crippen molar-refractivity contribution in [2.24, 2.45) is 0 Å². The number of H-pyrrole nitrogens is 1. The summed E-state index contributed by atoms with van der Waals surface area (Å²) in [6.45, 7) is 0. The molecule has 1 aromatic carbocycles. The summed E-state index contributed by atoms with van der Waals surface area (Å²) in [6.07, 6.45) is 5.17. The molecule has 0 saturated heterocycles. The van der Waals surface area contributed by atoms with Crippen LogP contribution < -0.4 is 0 Å². The number of allylic oxidation sites excluding steroid dienone is 2. The van der Waals surface area contributed by atoms with E-state index in [9.17, 15) is 9.59 Å². The van der Waals surface area contributed by atoms with Gasteiger partial charge in [0.15, 0.2) is 5.78 Å². The summed E-state index contributed by atoms with van der Waals surface area (Å²) in [5.74, 6) is -3.10. The van der Waals surface area contributed by atoms with Crippen LogP contribution in [0.2, 0.25) is 0 Å². The molecule has 3 N–H and O–H groups in total. The third-order valence-electron chi connectivity index (χ3n) is 2.55. The van der Waals surface area contributed by atoms with Gasteiger partial charge in [-0.2, -0.15) is 0 Å². The van der Waals surface area contributed by atoms with Crippen molar-refractivity contribution in [2.45, 2.75) is 0 Å². The van der Waals surface area contributed by atoms with E-state index >= 15 is 0 Å². The van der Waals surface area contributed by atoms with Crippen LogP contribution >= 0.6 is 0 Å². The average Bonchev–Trinajstić information content (AvgIpc) is 2.79. The van der Waals surface area contributed by atoms with Crippen molar-refractivity contribution in [1.29, 1.82) is 0 Å². The summed E-state index contributed by atoms with van der Waals surface area (Å²) in [5, 5.41) is 18.3. The number of aliphatic carboxylic acids is 1. The van der Waals surface area contributed by atoms with Crippen molar-refractivity contribution in [3.63, 3.8) is 0 Å². The maximum absolute atomic E-state index is 11.4. The zero-order valence-corrected chi connectivity index (χ0v) is 9.83. The van der Waals surface area contributed by atoms with Crippen LogP contribution in [0.5, 0.6) is 0 Å². The summed E-state index contributed by atoms with van der Waals surface area (Å²) >= 11 is 0. The number of para-hydroxylation sites is 1. The Bertz CT molecular complexity index is 694. The van der Waals surface area contributed by atoms with Crippen LogP contribution in [0.4, 0.5) is 0 Å². The number of benzene rings is 1. The molecular weight excluding hydrogens is 246 g/mol. The molecule has 5 nitrogen and oxygen atoms in total. The van der Waals surface area contributed by atoms with Gasteiger partial charge in [-0.3, -0.25) is 4.79 Å². The lowest BCUT2D eigenvalue weighted by Crippen LogP contribution is -2.01. The zero-order valence-electron chi connectivity index (χ0n) is 9.83. The minimum absolute atomic E-state index is 0.592. The van der Waals surface area contributed by atoms with Gasteiger partial charge in [-0.05, 0) is 23.8 Å². The molecule has 0 radical (unpaired) electrons. The summed E-state index contributed by atoms with van der Waals surface area (Å²) in [4.78, 5) is 24.8. The second-order valence-electron chi connectivity index (χ2n) is 3.86. The van der Waals surface area contributed by atoms with E-state index < -0.39 is 17.5 Å². The highest BCUT2D eigenvalue weighted by atomic mass is 16.4. The first-order chi connectivity index (χ1) is 9.08. The number of aliphatic hydroxyl groups is 1. The molecule has 0 saturated carbocycles. The Morgan fingerprint density at radius 1 is 1.16 bits per heavy atom. The summed E-state index contributed by atoms with van der Waals surface area (Å²) in [5.41, 5.74) is 1.76. The molecule has 0 bridgehead atoms. The Labute approximate surface area is 108 Å². The van der Waals surface area contributed by atoms with Crippen molar-refractivity contribution in [3.05, 3.63) is 53.9 Å². The van der Waals surface area contributed by atoms with Crippen LogP contribution in [0.25, 0.3) is 17.0 Å². The predicted octanol–water partition coefficient (Wildman–Crippen LogP) is 2.28. The first kappa shape index (κ1) is 12.6. The fourth-order valence-electron chi connectivity index (χ4n) is 1.65. The van der Waals surface area contributed by atoms with Crippen LogP contribution in [0.1, 0.15) is 5.56 Å². The Morgan fingerprint density at radius 2 is 1.89 bits per heavy atom. The van der Waals surface area contributed by atoms with E-state index in [1.54, 1.807) is 12.3 Å². The summed E-state index contributed by atoms with van der Waals surface area (Å²) in [7, 11) is 0. The number of aromatic nitrogens is 1. The lowest BCUT2D eigenvalue weighted by atomic mass is 10.1. The number of carbonyl (C=O) groups excluding carboxylic acids is 1. The molecule has 1 heterocycles. The van der Waals surface area contributed by atoms with Gasteiger partial charge >= 0.3 is 5.97 Å². The smallest absolute Gasteiger partial charge is 0.371 e. The van der Waals surface area contributed by atoms with E-state index in [0.717, 1.165) is 16.5 Å². The zero-order chi connectivity index (χ0) is 13.8. The number of aromatic amines is 1. The molecule has 1 aromatic heterocycles. The third kappa shape index (κ3) is 2.90. The third-order valence-corrected chi connectivity index (χ3v) is 2.55. The molecule has 0 fully saturated rings. The van der Waals surface area contributed by atoms with E-state index in [2.05, 4.69) is 4.98 Å². The molecule has 2 aromatic rings. The Hall–Kier alpha value is -2.82. The van der Waals surface area contributed by atoms with Gasteiger partial charge in [-0.25, -0.2) is 4.79 Å². The first-order valence-corrected chi connectivity index (χ1v) is 5.50. The number of hydrogen-bond acceptors (Lipinski definition) is 3. The Morgan fingerprint density at radius 3 is 2.63 bits per heavy atom. The van der Waals surface area contributed by atoms with Crippen molar-refractivity contribution < 1.29 is 19.8 Å². The van der Waals surface area contributed by atoms with Gasteiger partial charge in [-0.15, -0.1) is 0 Å². The van der Waals surface area contributed by atoms with Crippen LogP contribution in [0, 0.1) is 0 Å². The normalized spacial score (nSPS) is 12.1. The van der Waals surface area contributed by atoms with Gasteiger partial charge in [0.05, 0.1) is 0 Å². The van der Waals surface area contributed by atoms with E-state index in [1.165, 1.54) is 6.08 Å². The molecule has 2 rings (SSSR count). The molecule has 0 spiro atoms. The second-order valence-corrected chi connectivity index (χ2v) is 3.86. The molecule has 0 amide bonds. The van der Waals surface area contributed by atoms with E-state index in [0.29, 0.717) is 6.08 Å². The van der Waals surface area contributed by atoms with Gasteiger partial charge in [0.1, 0.15) is 0 Å². The lowest BCUT2D eigenvalue weighted by Gasteiger charge is -1.91. The Balaban J connectivity index is 2.21.